The summed E-state index contributed by atoms with van der Waals surface area (Å²) in [6, 6.07) is 10.2. The predicted molar refractivity (Wildman–Crippen MR) is 82.4 cm³/mol. The minimum atomic E-state index is 0.121. The van der Waals surface area contributed by atoms with Gasteiger partial charge in [-0.25, -0.2) is 0 Å². The summed E-state index contributed by atoms with van der Waals surface area (Å²) < 4.78 is 0. The lowest BCUT2D eigenvalue weighted by molar-refractivity contribution is 0.316. The molecule has 5 heteroatoms. The number of amidine groups is 1. The van der Waals surface area contributed by atoms with Gasteiger partial charge in [-0.1, -0.05) is 23.4 Å². The molecule has 20 heavy (non-hydrogen) atoms. The summed E-state index contributed by atoms with van der Waals surface area (Å²) in [5, 5.41) is 12.8. The number of anilines is 1. The van der Waals surface area contributed by atoms with E-state index in [4.69, 9.17) is 10.9 Å². The smallest absolute Gasteiger partial charge is 0.141 e. The first-order chi connectivity index (χ1) is 9.52. The molecule has 2 rings (SSSR count). The molecular weight excluding hydrogens is 252 g/mol. The van der Waals surface area contributed by atoms with Crippen molar-refractivity contribution in [3.8, 4) is 0 Å². The number of rotatable bonds is 4. The van der Waals surface area contributed by atoms with Crippen LogP contribution in [0.25, 0.3) is 10.9 Å². The van der Waals surface area contributed by atoms with E-state index in [2.05, 4.69) is 27.2 Å². The van der Waals surface area contributed by atoms with Crippen LogP contribution in [0.15, 0.2) is 35.5 Å². The van der Waals surface area contributed by atoms with Gasteiger partial charge in [-0.15, -0.1) is 0 Å². The summed E-state index contributed by atoms with van der Waals surface area (Å²) in [5.74, 6) is 0.236. The third-order valence-corrected chi connectivity index (χ3v) is 3.50. The maximum Gasteiger partial charge on any atom is 0.141 e. The van der Waals surface area contributed by atoms with Crippen LogP contribution in [0.3, 0.4) is 0 Å². The summed E-state index contributed by atoms with van der Waals surface area (Å²) in [7, 11) is 2.01. The van der Waals surface area contributed by atoms with Gasteiger partial charge in [-0.2, -0.15) is 0 Å². The Kier molecular flexibility index (Phi) is 4.08. The molecule has 0 aliphatic heterocycles. The number of nitrogens with zero attached hydrogens (tertiary/aromatic N) is 3. The summed E-state index contributed by atoms with van der Waals surface area (Å²) in [4.78, 5) is 6.67. The standard InChI is InChI=1S/C15H20N4O/c1-10-8-14(12-6-4-5-7-13(12)17-10)19(3)11(2)9-15(16)18-20/h4-8,11,20H,9H2,1-3H3,(H2,16,18). The number of para-hydroxylation sites is 1. The Morgan fingerprint density at radius 3 is 2.85 bits per heavy atom. The first-order valence-electron chi connectivity index (χ1n) is 6.58. The molecule has 0 fully saturated rings. The van der Waals surface area contributed by atoms with Crippen LogP contribution in [0.1, 0.15) is 19.0 Å². The SMILES string of the molecule is Cc1cc(N(C)C(C)CC(N)=NO)c2ccccc2n1. The average molecular weight is 272 g/mol. The molecule has 0 radical (unpaired) electrons. The van der Waals surface area contributed by atoms with Gasteiger partial charge < -0.3 is 15.8 Å². The van der Waals surface area contributed by atoms with E-state index < -0.39 is 0 Å². The summed E-state index contributed by atoms with van der Waals surface area (Å²) >= 11 is 0. The molecule has 0 aliphatic carbocycles. The zero-order valence-electron chi connectivity index (χ0n) is 12.0. The van der Waals surface area contributed by atoms with E-state index >= 15 is 0 Å². The van der Waals surface area contributed by atoms with Crippen molar-refractivity contribution in [1.29, 1.82) is 0 Å². The molecule has 0 aliphatic rings. The molecule has 1 aromatic heterocycles. The minimum absolute atomic E-state index is 0.121. The van der Waals surface area contributed by atoms with Crippen molar-refractivity contribution >= 4 is 22.4 Å². The zero-order valence-corrected chi connectivity index (χ0v) is 12.0. The van der Waals surface area contributed by atoms with Crippen LogP contribution < -0.4 is 10.6 Å². The first kappa shape index (κ1) is 14.1. The van der Waals surface area contributed by atoms with Gasteiger partial charge in [-0.3, -0.25) is 4.98 Å². The molecule has 3 N–H and O–H groups in total. The number of fused-ring (bicyclic) bond motifs is 1. The molecule has 2 aromatic rings. The van der Waals surface area contributed by atoms with Gasteiger partial charge in [0.25, 0.3) is 0 Å². The van der Waals surface area contributed by atoms with E-state index in [1.165, 1.54) is 0 Å². The highest BCUT2D eigenvalue weighted by Crippen LogP contribution is 2.27. The summed E-state index contributed by atoms with van der Waals surface area (Å²) in [5.41, 5.74) is 8.65. The highest BCUT2D eigenvalue weighted by Gasteiger charge is 2.15. The van der Waals surface area contributed by atoms with Gasteiger partial charge >= 0.3 is 0 Å². The predicted octanol–water partition coefficient (Wildman–Crippen LogP) is 2.50. The monoisotopic (exact) mass is 272 g/mol. The minimum Gasteiger partial charge on any atom is -0.409 e. The fourth-order valence-electron chi connectivity index (χ4n) is 2.30. The molecule has 0 saturated heterocycles. The highest BCUT2D eigenvalue weighted by atomic mass is 16.4. The molecule has 5 nitrogen and oxygen atoms in total. The van der Waals surface area contributed by atoms with Gasteiger partial charge in [0.05, 0.1) is 5.52 Å². The number of nitrogens with two attached hydrogens (primary N) is 1. The molecule has 1 atom stereocenters. The van der Waals surface area contributed by atoms with Crippen molar-refractivity contribution in [1.82, 2.24) is 4.98 Å². The van der Waals surface area contributed by atoms with Crippen LogP contribution in [-0.2, 0) is 0 Å². The molecule has 0 saturated carbocycles. The van der Waals surface area contributed by atoms with E-state index in [0.29, 0.717) is 6.42 Å². The van der Waals surface area contributed by atoms with Crippen molar-refractivity contribution < 1.29 is 5.21 Å². The Labute approximate surface area is 118 Å². The Bertz CT molecular complexity index is 639. The molecule has 1 aromatic carbocycles. The molecule has 1 heterocycles. The molecule has 0 bridgehead atoms. The second-order valence-electron chi connectivity index (χ2n) is 5.06. The van der Waals surface area contributed by atoms with E-state index in [9.17, 15) is 0 Å². The number of hydrogen-bond donors (Lipinski definition) is 2. The van der Waals surface area contributed by atoms with Crippen molar-refractivity contribution in [2.24, 2.45) is 10.9 Å². The third-order valence-electron chi connectivity index (χ3n) is 3.50. The van der Waals surface area contributed by atoms with Gasteiger partial charge in [0, 0.05) is 36.3 Å². The molecule has 0 spiro atoms. The second kappa shape index (κ2) is 5.77. The summed E-state index contributed by atoms with van der Waals surface area (Å²) in [6.45, 7) is 4.03. The van der Waals surface area contributed by atoms with Crippen molar-refractivity contribution in [2.45, 2.75) is 26.3 Å². The van der Waals surface area contributed by atoms with Gasteiger partial charge in [-0.05, 0) is 26.0 Å². The molecular formula is C15H20N4O. The van der Waals surface area contributed by atoms with Crippen LogP contribution >= 0.6 is 0 Å². The van der Waals surface area contributed by atoms with Crippen LogP contribution in [0.2, 0.25) is 0 Å². The average Bonchev–Trinajstić information content (AvgIpc) is 2.45. The second-order valence-corrected chi connectivity index (χ2v) is 5.06. The largest absolute Gasteiger partial charge is 0.409 e. The lowest BCUT2D eigenvalue weighted by Gasteiger charge is -2.28. The summed E-state index contributed by atoms with van der Waals surface area (Å²) in [6.07, 6.45) is 0.503. The van der Waals surface area contributed by atoms with Crippen molar-refractivity contribution in [3.05, 3.63) is 36.0 Å². The van der Waals surface area contributed by atoms with Crippen LogP contribution in [-0.4, -0.2) is 29.1 Å². The molecule has 106 valence electrons. The van der Waals surface area contributed by atoms with Crippen LogP contribution in [0.5, 0.6) is 0 Å². The maximum absolute atomic E-state index is 8.69. The normalized spacial score (nSPS) is 13.4. The lowest BCUT2D eigenvalue weighted by atomic mass is 10.1. The van der Waals surface area contributed by atoms with Gasteiger partial charge in [0.15, 0.2) is 0 Å². The van der Waals surface area contributed by atoms with E-state index in [1.807, 2.05) is 39.1 Å². The topological polar surface area (TPSA) is 74.7 Å². The lowest BCUT2D eigenvalue weighted by Crippen LogP contribution is -2.33. The van der Waals surface area contributed by atoms with Crippen LogP contribution in [0.4, 0.5) is 5.69 Å². The third kappa shape index (κ3) is 2.82. The quantitative estimate of drug-likeness (QED) is 0.388. The number of hydrogen-bond acceptors (Lipinski definition) is 4. The fraction of sp³-hybridized carbons (Fsp3) is 0.333. The van der Waals surface area contributed by atoms with Crippen molar-refractivity contribution in [2.75, 3.05) is 11.9 Å². The Morgan fingerprint density at radius 2 is 2.15 bits per heavy atom. The van der Waals surface area contributed by atoms with E-state index in [-0.39, 0.29) is 11.9 Å². The number of benzene rings is 1. The first-order valence-corrected chi connectivity index (χ1v) is 6.58. The maximum atomic E-state index is 8.69. The Morgan fingerprint density at radius 1 is 1.45 bits per heavy atom. The zero-order chi connectivity index (χ0) is 14.7. The molecule has 1 unspecified atom stereocenters. The van der Waals surface area contributed by atoms with E-state index in [1.54, 1.807) is 0 Å². The highest BCUT2D eigenvalue weighted by molar-refractivity contribution is 5.92. The van der Waals surface area contributed by atoms with Gasteiger partial charge in [0.2, 0.25) is 0 Å². The van der Waals surface area contributed by atoms with E-state index in [0.717, 1.165) is 22.3 Å². The molecule has 0 amide bonds. The van der Waals surface area contributed by atoms with Gasteiger partial charge in [0.1, 0.15) is 5.84 Å². The number of aryl methyl sites for hydroxylation is 1. The number of pyridine rings is 1. The fourth-order valence-corrected chi connectivity index (χ4v) is 2.30. The van der Waals surface area contributed by atoms with Crippen LogP contribution in [0, 0.1) is 6.92 Å². The number of oxime groups is 1. The number of aromatic nitrogens is 1. The Hall–Kier alpha value is -2.30. The van der Waals surface area contributed by atoms with Crippen molar-refractivity contribution in [3.63, 3.8) is 0 Å². The Balaban J connectivity index is 2.41.